The summed E-state index contributed by atoms with van der Waals surface area (Å²) in [6.07, 6.45) is 2.03. The predicted molar refractivity (Wildman–Crippen MR) is 132 cm³/mol. The lowest BCUT2D eigenvalue weighted by Gasteiger charge is -2.19. The molecule has 5 nitrogen and oxygen atoms in total. The maximum absolute atomic E-state index is 12.6. The topological polar surface area (TPSA) is 63.4 Å². The number of nitrogens with one attached hydrogen (secondary N) is 2. The molecule has 0 bridgehead atoms. The van der Waals surface area contributed by atoms with E-state index in [0.29, 0.717) is 18.2 Å². The summed E-state index contributed by atoms with van der Waals surface area (Å²) in [5, 5.41) is 4.20. The van der Waals surface area contributed by atoms with Crippen LogP contribution in [0.3, 0.4) is 0 Å². The highest BCUT2D eigenvalue weighted by atomic mass is 16.5. The van der Waals surface area contributed by atoms with Gasteiger partial charge >= 0.3 is 0 Å². The second-order valence-electron chi connectivity index (χ2n) is 8.43. The summed E-state index contributed by atoms with van der Waals surface area (Å²) in [6, 6.07) is 24.1. The lowest BCUT2D eigenvalue weighted by Crippen LogP contribution is -2.32. The van der Waals surface area contributed by atoms with Crippen LogP contribution in [0.4, 0.5) is 0 Å². The van der Waals surface area contributed by atoms with Crippen LogP contribution in [-0.2, 0) is 4.79 Å². The van der Waals surface area contributed by atoms with Crippen LogP contribution in [0.15, 0.2) is 79.0 Å². The Morgan fingerprint density at radius 1 is 0.909 bits per heavy atom. The lowest BCUT2D eigenvalue weighted by molar-refractivity contribution is -0.123. The highest BCUT2D eigenvalue weighted by Crippen LogP contribution is 2.31. The molecule has 170 valence electrons. The zero-order valence-electron chi connectivity index (χ0n) is 19.3. The van der Waals surface area contributed by atoms with Gasteiger partial charge in [0.1, 0.15) is 11.5 Å². The van der Waals surface area contributed by atoms with Crippen molar-refractivity contribution < 1.29 is 14.3 Å². The first-order valence-corrected chi connectivity index (χ1v) is 11.2. The minimum atomic E-state index is -0.152. The van der Waals surface area contributed by atoms with E-state index in [1.807, 2.05) is 66.9 Å². The standard InChI is InChI=1S/C28H30N2O3/c1-19(2)20-8-14-23(15-9-20)33-18-28(31)30-16-25(21-10-12-22(32-3)13-11-21)26-17-29-27-7-5-4-6-24(26)27/h4-15,17,19,25,29H,16,18H2,1-3H3,(H,30,31)/t25-/m1/s1. The van der Waals surface area contributed by atoms with Crippen molar-refractivity contribution in [1.29, 1.82) is 0 Å². The number of aromatic amines is 1. The van der Waals surface area contributed by atoms with Gasteiger partial charge in [-0.25, -0.2) is 0 Å². The first-order chi connectivity index (χ1) is 16.0. The molecule has 5 heteroatoms. The summed E-state index contributed by atoms with van der Waals surface area (Å²) in [5.41, 5.74) is 4.56. The number of aromatic nitrogens is 1. The van der Waals surface area contributed by atoms with Crippen molar-refractivity contribution in [3.05, 3.63) is 95.7 Å². The molecule has 1 atom stereocenters. The van der Waals surface area contributed by atoms with Gasteiger partial charge in [0.15, 0.2) is 6.61 Å². The summed E-state index contributed by atoms with van der Waals surface area (Å²) >= 11 is 0. The Hall–Kier alpha value is -3.73. The molecule has 4 rings (SSSR count). The van der Waals surface area contributed by atoms with Crippen LogP contribution in [0.25, 0.3) is 10.9 Å². The summed E-state index contributed by atoms with van der Waals surface area (Å²) in [7, 11) is 1.66. The molecule has 0 spiro atoms. The molecule has 0 saturated heterocycles. The molecule has 3 aromatic carbocycles. The molecular weight excluding hydrogens is 412 g/mol. The number of para-hydroxylation sites is 1. The summed E-state index contributed by atoms with van der Waals surface area (Å²) in [6.45, 7) is 4.74. The minimum absolute atomic E-state index is 0.0127. The van der Waals surface area contributed by atoms with E-state index in [1.54, 1.807) is 7.11 Å². The molecule has 1 amide bonds. The number of H-pyrrole nitrogens is 1. The van der Waals surface area contributed by atoms with Crippen LogP contribution in [0.2, 0.25) is 0 Å². The molecule has 0 fully saturated rings. The van der Waals surface area contributed by atoms with Crippen molar-refractivity contribution in [1.82, 2.24) is 10.3 Å². The fourth-order valence-corrected chi connectivity index (χ4v) is 3.99. The van der Waals surface area contributed by atoms with Crippen LogP contribution in [0.1, 0.15) is 42.4 Å². The van der Waals surface area contributed by atoms with E-state index in [4.69, 9.17) is 9.47 Å². The van der Waals surface area contributed by atoms with Gasteiger partial charge in [0, 0.05) is 29.6 Å². The Balaban J connectivity index is 1.46. The van der Waals surface area contributed by atoms with Crippen molar-refractivity contribution in [2.75, 3.05) is 20.3 Å². The van der Waals surface area contributed by atoms with Crippen LogP contribution < -0.4 is 14.8 Å². The van der Waals surface area contributed by atoms with Crippen LogP contribution in [-0.4, -0.2) is 31.2 Å². The third kappa shape index (κ3) is 5.37. The van der Waals surface area contributed by atoms with Gasteiger partial charge in [0.2, 0.25) is 0 Å². The largest absolute Gasteiger partial charge is 0.497 e. The Bertz CT molecular complexity index is 1190. The third-order valence-corrected chi connectivity index (χ3v) is 5.93. The van der Waals surface area contributed by atoms with Gasteiger partial charge in [-0.05, 0) is 52.9 Å². The van der Waals surface area contributed by atoms with Crippen LogP contribution in [0, 0.1) is 0 Å². The van der Waals surface area contributed by atoms with E-state index in [-0.39, 0.29) is 18.4 Å². The Labute approximate surface area is 194 Å². The number of fused-ring (bicyclic) bond motifs is 1. The summed E-state index contributed by atoms with van der Waals surface area (Å²) < 4.78 is 11.0. The van der Waals surface area contributed by atoms with Crippen LogP contribution >= 0.6 is 0 Å². The van der Waals surface area contributed by atoms with Gasteiger partial charge in [0.25, 0.3) is 5.91 Å². The average molecular weight is 443 g/mol. The molecule has 1 aromatic heterocycles. The number of amides is 1. The highest BCUT2D eigenvalue weighted by Gasteiger charge is 2.19. The molecule has 0 aliphatic heterocycles. The molecule has 33 heavy (non-hydrogen) atoms. The van der Waals surface area contributed by atoms with E-state index in [0.717, 1.165) is 27.8 Å². The highest BCUT2D eigenvalue weighted by molar-refractivity contribution is 5.84. The Morgan fingerprint density at radius 3 is 2.27 bits per heavy atom. The second kappa shape index (κ2) is 10.3. The van der Waals surface area contributed by atoms with Gasteiger partial charge in [-0.2, -0.15) is 0 Å². The number of benzene rings is 3. The lowest BCUT2D eigenvalue weighted by atomic mass is 9.91. The smallest absolute Gasteiger partial charge is 0.257 e. The van der Waals surface area contributed by atoms with E-state index >= 15 is 0 Å². The number of rotatable bonds is 9. The maximum Gasteiger partial charge on any atom is 0.257 e. The number of carbonyl (C=O) groups is 1. The van der Waals surface area contributed by atoms with Crippen LogP contribution in [0.5, 0.6) is 11.5 Å². The zero-order valence-corrected chi connectivity index (χ0v) is 19.3. The quantitative estimate of drug-likeness (QED) is 0.353. The molecule has 4 aromatic rings. The van der Waals surface area contributed by atoms with Gasteiger partial charge in [-0.3, -0.25) is 4.79 Å². The molecule has 0 aliphatic rings. The fraction of sp³-hybridized carbons (Fsp3) is 0.250. The van der Waals surface area contributed by atoms with E-state index in [1.165, 1.54) is 5.56 Å². The predicted octanol–water partition coefficient (Wildman–Crippen LogP) is 5.63. The van der Waals surface area contributed by atoms with Crippen molar-refractivity contribution in [3.8, 4) is 11.5 Å². The zero-order chi connectivity index (χ0) is 23.2. The van der Waals surface area contributed by atoms with Crippen molar-refractivity contribution in [3.63, 3.8) is 0 Å². The van der Waals surface area contributed by atoms with Gasteiger partial charge in [0.05, 0.1) is 7.11 Å². The van der Waals surface area contributed by atoms with E-state index in [9.17, 15) is 4.79 Å². The monoisotopic (exact) mass is 442 g/mol. The Morgan fingerprint density at radius 2 is 1.58 bits per heavy atom. The number of ether oxygens (including phenoxy) is 2. The molecule has 0 aliphatic carbocycles. The molecule has 2 N–H and O–H groups in total. The third-order valence-electron chi connectivity index (χ3n) is 5.93. The van der Waals surface area contributed by atoms with Gasteiger partial charge in [-0.15, -0.1) is 0 Å². The van der Waals surface area contributed by atoms with Crippen molar-refractivity contribution in [2.24, 2.45) is 0 Å². The second-order valence-corrected chi connectivity index (χ2v) is 8.43. The van der Waals surface area contributed by atoms with Gasteiger partial charge < -0.3 is 19.8 Å². The summed E-state index contributed by atoms with van der Waals surface area (Å²) in [5.74, 6) is 1.79. The SMILES string of the molecule is COc1ccc([C@@H](CNC(=O)COc2ccc(C(C)C)cc2)c2c[nH]c3ccccc23)cc1. The first kappa shape index (κ1) is 22.5. The average Bonchev–Trinajstić information content (AvgIpc) is 3.27. The molecular formula is C28H30N2O3. The number of hydrogen-bond donors (Lipinski definition) is 2. The molecule has 1 heterocycles. The number of carbonyl (C=O) groups excluding carboxylic acids is 1. The number of methoxy groups -OCH3 is 1. The van der Waals surface area contributed by atoms with E-state index < -0.39 is 0 Å². The number of hydrogen-bond acceptors (Lipinski definition) is 3. The fourth-order valence-electron chi connectivity index (χ4n) is 3.99. The molecule has 0 radical (unpaired) electrons. The normalized spacial score (nSPS) is 12.0. The van der Waals surface area contributed by atoms with Crippen molar-refractivity contribution >= 4 is 16.8 Å². The minimum Gasteiger partial charge on any atom is -0.497 e. The molecule has 0 unspecified atom stereocenters. The maximum atomic E-state index is 12.6. The van der Waals surface area contributed by atoms with E-state index in [2.05, 4.69) is 36.3 Å². The first-order valence-electron chi connectivity index (χ1n) is 11.2. The van der Waals surface area contributed by atoms with Crippen molar-refractivity contribution in [2.45, 2.75) is 25.7 Å². The molecule has 0 saturated carbocycles. The Kier molecular flexibility index (Phi) is 6.98. The summed E-state index contributed by atoms with van der Waals surface area (Å²) in [4.78, 5) is 15.9. The van der Waals surface area contributed by atoms with Gasteiger partial charge in [-0.1, -0.05) is 56.3 Å².